The van der Waals surface area contributed by atoms with E-state index in [2.05, 4.69) is 19.2 Å². The van der Waals surface area contributed by atoms with Crippen molar-refractivity contribution >= 4 is 17.7 Å². The van der Waals surface area contributed by atoms with Crippen LogP contribution >= 0.6 is 11.8 Å². The first kappa shape index (κ1) is 16.8. The fraction of sp³-hybridized carbons (Fsp3) is 0.929. The lowest BCUT2D eigenvalue weighted by Gasteiger charge is -2.34. The molecule has 1 saturated carbocycles. The first-order valence-corrected chi connectivity index (χ1v) is 8.35. The molecule has 19 heavy (non-hydrogen) atoms. The van der Waals surface area contributed by atoms with Crippen molar-refractivity contribution in [3.8, 4) is 0 Å². The molecule has 0 aliphatic heterocycles. The molecule has 1 atom stereocenters. The monoisotopic (exact) mass is 289 g/mol. The number of hydrogen-bond acceptors (Lipinski definition) is 5. The van der Waals surface area contributed by atoms with Gasteiger partial charge in [0.25, 0.3) is 0 Å². The number of aliphatic hydroxyl groups excluding tert-OH is 1. The Morgan fingerprint density at radius 1 is 1.53 bits per heavy atom. The number of nitrogens with one attached hydrogen (secondary N) is 1. The Kier molecular flexibility index (Phi) is 7.18. The second-order valence-electron chi connectivity index (χ2n) is 5.39. The van der Waals surface area contributed by atoms with Gasteiger partial charge in [-0.3, -0.25) is 10.1 Å². The lowest BCUT2D eigenvalue weighted by Crippen LogP contribution is -2.59. The van der Waals surface area contributed by atoms with E-state index in [-0.39, 0.29) is 18.6 Å². The quantitative estimate of drug-likeness (QED) is 0.474. The molecule has 0 aromatic carbocycles. The summed E-state index contributed by atoms with van der Waals surface area (Å²) in [4.78, 5) is 12.4. The predicted molar refractivity (Wildman–Crippen MR) is 79.4 cm³/mol. The van der Waals surface area contributed by atoms with E-state index in [0.717, 1.165) is 30.8 Å². The van der Waals surface area contributed by atoms with Crippen molar-refractivity contribution in [1.82, 2.24) is 5.32 Å². The van der Waals surface area contributed by atoms with Crippen LogP contribution in [0.15, 0.2) is 0 Å². The van der Waals surface area contributed by atoms with Crippen molar-refractivity contribution in [3.63, 3.8) is 0 Å². The normalized spacial score (nSPS) is 18.4. The molecule has 0 spiro atoms. The summed E-state index contributed by atoms with van der Waals surface area (Å²) < 4.78 is 5.30. The first-order valence-electron chi connectivity index (χ1n) is 7.20. The van der Waals surface area contributed by atoms with Crippen molar-refractivity contribution in [2.75, 3.05) is 24.7 Å². The van der Waals surface area contributed by atoms with E-state index in [1.54, 1.807) is 11.8 Å². The Morgan fingerprint density at radius 2 is 2.21 bits per heavy atom. The van der Waals surface area contributed by atoms with Crippen LogP contribution in [0.5, 0.6) is 0 Å². The Balaban J connectivity index is 2.70. The number of hydrogen-bond donors (Lipinski definition) is 2. The van der Waals surface area contributed by atoms with Gasteiger partial charge < -0.3 is 9.84 Å². The third kappa shape index (κ3) is 4.97. The summed E-state index contributed by atoms with van der Waals surface area (Å²) in [5, 5.41) is 12.3. The molecule has 4 nitrogen and oxygen atoms in total. The maximum atomic E-state index is 12.4. The number of aliphatic hydroxyl groups is 1. The van der Waals surface area contributed by atoms with Crippen LogP contribution < -0.4 is 5.32 Å². The Morgan fingerprint density at radius 3 is 2.68 bits per heavy atom. The number of esters is 1. The number of carbonyl (C=O) groups excluding carboxylic acids is 1. The van der Waals surface area contributed by atoms with Crippen LogP contribution in [0.25, 0.3) is 0 Å². The van der Waals surface area contributed by atoms with Gasteiger partial charge in [-0.25, -0.2) is 0 Å². The second-order valence-corrected chi connectivity index (χ2v) is 6.50. The molecular formula is C14H27NO3S. The van der Waals surface area contributed by atoms with E-state index in [1.807, 2.05) is 6.92 Å². The van der Waals surface area contributed by atoms with E-state index < -0.39 is 5.54 Å². The molecule has 1 aliphatic carbocycles. The van der Waals surface area contributed by atoms with Crippen LogP contribution in [-0.2, 0) is 9.53 Å². The number of ether oxygens (including phenoxy) is 1. The van der Waals surface area contributed by atoms with Crippen LogP contribution in [0.4, 0.5) is 0 Å². The molecule has 1 unspecified atom stereocenters. The standard InChI is InChI=1S/C14H27NO3S/c1-4-18-13(17)14(12-6-7-12,15-11(2)3)10-19-9-5-8-16/h11-12,15-16H,4-10H2,1-3H3. The van der Waals surface area contributed by atoms with Crippen LogP contribution in [0.2, 0.25) is 0 Å². The molecule has 0 bridgehead atoms. The zero-order chi connectivity index (χ0) is 14.3. The zero-order valence-corrected chi connectivity index (χ0v) is 13.1. The summed E-state index contributed by atoms with van der Waals surface area (Å²) in [6.07, 6.45) is 2.97. The van der Waals surface area contributed by atoms with Gasteiger partial charge in [-0.2, -0.15) is 11.8 Å². The highest BCUT2D eigenvalue weighted by atomic mass is 32.2. The predicted octanol–water partition coefficient (Wildman–Crippen LogP) is 1.81. The summed E-state index contributed by atoms with van der Waals surface area (Å²) in [6.45, 7) is 6.61. The lowest BCUT2D eigenvalue weighted by molar-refractivity contribution is -0.151. The highest BCUT2D eigenvalue weighted by Crippen LogP contribution is 2.42. The van der Waals surface area contributed by atoms with Crippen LogP contribution in [0, 0.1) is 5.92 Å². The third-order valence-corrected chi connectivity index (χ3v) is 4.47. The number of rotatable bonds is 10. The molecule has 0 amide bonds. The summed E-state index contributed by atoms with van der Waals surface area (Å²) in [5.41, 5.74) is -0.537. The summed E-state index contributed by atoms with van der Waals surface area (Å²) in [7, 11) is 0. The van der Waals surface area contributed by atoms with Crippen molar-refractivity contribution in [2.24, 2.45) is 5.92 Å². The van der Waals surface area contributed by atoms with Gasteiger partial charge >= 0.3 is 5.97 Å². The molecule has 0 aromatic heterocycles. The van der Waals surface area contributed by atoms with Gasteiger partial charge in [-0.1, -0.05) is 0 Å². The molecule has 1 fully saturated rings. The average molecular weight is 289 g/mol. The number of carbonyl (C=O) groups is 1. The molecule has 112 valence electrons. The summed E-state index contributed by atoms with van der Waals surface area (Å²) in [5.74, 6) is 1.90. The molecule has 0 aromatic rings. The van der Waals surface area contributed by atoms with Crippen LogP contribution in [-0.4, -0.2) is 47.4 Å². The summed E-state index contributed by atoms with van der Waals surface area (Å²) in [6, 6.07) is 0.253. The lowest BCUT2D eigenvalue weighted by atomic mass is 9.94. The highest BCUT2D eigenvalue weighted by molar-refractivity contribution is 7.99. The van der Waals surface area contributed by atoms with E-state index in [9.17, 15) is 4.79 Å². The molecule has 0 heterocycles. The molecular weight excluding hydrogens is 262 g/mol. The average Bonchev–Trinajstić information content (AvgIpc) is 3.17. The molecule has 1 rings (SSSR count). The Labute approximate surface area is 120 Å². The summed E-state index contributed by atoms with van der Waals surface area (Å²) >= 11 is 1.73. The van der Waals surface area contributed by atoms with E-state index in [1.165, 1.54) is 0 Å². The minimum atomic E-state index is -0.537. The van der Waals surface area contributed by atoms with Crippen LogP contribution in [0.1, 0.15) is 40.0 Å². The highest BCUT2D eigenvalue weighted by Gasteiger charge is 2.52. The molecule has 0 saturated heterocycles. The smallest absolute Gasteiger partial charge is 0.327 e. The Hall–Kier alpha value is -0.260. The molecule has 2 N–H and O–H groups in total. The largest absolute Gasteiger partial charge is 0.465 e. The van der Waals surface area contributed by atoms with E-state index in [4.69, 9.17) is 9.84 Å². The van der Waals surface area contributed by atoms with Gasteiger partial charge in [0, 0.05) is 18.4 Å². The van der Waals surface area contributed by atoms with Gasteiger partial charge in [0.1, 0.15) is 5.54 Å². The van der Waals surface area contributed by atoms with Gasteiger partial charge in [0.2, 0.25) is 0 Å². The fourth-order valence-electron chi connectivity index (χ4n) is 2.31. The van der Waals surface area contributed by atoms with Crippen molar-refractivity contribution in [3.05, 3.63) is 0 Å². The van der Waals surface area contributed by atoms with Crippen LogP contribution in [0.3, 0.4) is 0 Å². The zero-order valence-electron chi connectivity index (χ0n) is 12.3. The van der Waals surface area contributed by atoms with Gasteiger partial charge in [0.05, 0.1) is 6.61 Å². The SMILES string of the molecule is CCOC(=O)C(CSCCCO)(NC(C)C)C1CC1. The molecule has 5 heteroatoms. The van der Waals surface area contributed by atoms with Crippen molar-refractivity contribution < 1.29 is 14.6 Å². The van der Waals surface area contributed by atoms with E-state index >= 15 is 0 Å². The Bertz CT molecular complexity index is 282. The van der Waals surface area contributed by atoms with Crippen molar-refractivity contribution in [1.29, 1.82) is 0 Å². The minimum absolute atomic E-state index is 0.109. The number of thioether (sulfide) groups is 1. The van der Waals surface area contributed by atoms with Gasteiger partial charge in [-0.15, -0.1) is 0 Å². The maximum Gasteiger partial charge on any atom is 0.327 e. The second kappa shape index (κ2) is 8.12. The molecule has 0 radical (unpaired) electrons. The topological polar surface area (TPSA) is 58.6 Å². The first-order chi connectivity index (χ1) is 9.06. The van der Waals surface area contributed by atoms with Crippen molar-refractivity contribution in [2.45, 2.75) is 51.6 Å². The third-order valence-electron chi connectivity index (χ3n) is 3.24. The molecule has 1 aliphatic rings. The van der Waals surface area contributed by atoms with Gasteiger partial charge in [0.15, 0.2) is 0 Å². The maximum absolute atomic E-state index is 12.4. The minimum Gasteiger partial charge on any atom is -0.465 e. The fourth-order valence-corrected chi connectivity index (χ4v) is 3.55. The van der Waals surface area contributed by atoms with Gasteiger partial charge in [-0.05, 0) is 51.7 Å². The van der Waals surface area contributed by atoms with E-state index in [0.29, 0.717) is 12.5 Å².